The highest BCUT2D eigenvalue weighted by Gasteiger charge is 2.27. The molecule has 0 aliphatic heterocycles. The van der Waals surface area contributed by atoms with Gasteiger partial charge in [-0.1, -0.05) is 0 Å². The fourth-order valence-electron chi connectivity index (χ4n) is 3.30. The molecule has 4 heterocycles. The highest BCUT2D eigenvalue weighted by atomic mass is 32.1. The molecule has 0 radical (unpaired) electrons. The molecule has 0 bridgehead atoms. The van der Waals surface area contributed by atoms with Crippen LogP contribution in [0.4, 0.5) is 0 Å². The predicted octanol–water partition coefficient (Wildman–Crippen LogP) is 3.41. The number of nitrogens with zero attached hydrogens (tertiary/aromatic N) is 5. The van der Waals surface area contributed by atoms with E-state index in [1.165, 1.54) is 23.7 Å². The first-order chi connectivity index (χ1) is 14.2. The number of fused-ring (bicyclic) bond motifs is 1. The van der Waals surface area contributed by atoms with Gasteiger partial charge in [0, 0.05) is 30.1 Å². The second-order valence-electron chi connectivity index (χ2n) is 7.32. The molecule has 1 fully saturated rings. The summed E-state index contributed by atoms with van der Waals surface area (Å²) in [4.78, 5) is 32.2. The minimum absolute atomic E-state index is 0.139. The maximum atomic E-state index is 13.2. The number of aromatic nitrogens is 5. The van der Waals surface area contributed by atoms with Gasteiger partial charge in [-0.3, -0.25) is 14.3 Å². The molecule has 1 unspecified atom stereocenters. The third kappa shape index (κ3) is 3.24. The fourth-order valence-corrected chi connectivity index (χ4v) is 4.35. The lowest BCUT2D eigenvalue weighted by Gasteiger charge is -2.14. The van der Waals surface area contributed by atoms with Crippen LogP contribution in [0.2, 0.25) is 0 Å². The van der Waals surface area contributed by atoms with Crippen molar-refractivity contribution in [2.75, 3.05) is 6.61 Å². The lowest BCUT2D eigenvalue weighted by Crippen LogP contribution is -2.25. The van der Waals surface area contributed by atoms with E-state index < -0.39 is 0 Å². The van der Waals surface area contributed by atoms with Gasteiger partial charge in [0.2, 0.25) is 0 Å². The molecule has 0 spiro atoms. The topological polar surface area (TPSA) is 93.8 Å². The summed E-state index contributed by atoms with van der Waals surface area (Å²) in [5.74, 6) is 0.566. The van der Waals surface area contributed by atoms with Crippen molar-refractivity contribution >= 4 is 22.2 Å². The zero-order chi connectivity index (χ0) is 20.0. The van der Waals surface area contributed by atoms with Crippen LogP contribution >= 0.6 is 11.3 Å². The normalized spacial score (nSPS) is 15.0. The Morgan fingerprint density at radius 2 is 2.17 bits per heavy atom. The third-order valence-corrected chi connectivity index (χ3v) is 6.33. The van der Waals surface area contributed by atoms with Crippen LogP contribution in [0.1, 0.15) is 36.7 Å². The van der Waals surface area contributed by atoms with Crippen LogP contribution in [0.5, 0.6) is 0 Å². The highest BCUT2D eigenvalue weighted by Crippen LogP contribution is 2.43. The Morgan fingerprint density at radius 3 is 2.90 bits per heavy atom. The third-order valence-electron chi connectivity index (χ3n) is 5.15. The maximum Gasteiger partial charge on any atom is 0.261 e. The zero-order valence-corrected chi connectivity index (χ0v) is 16.6. The van der Waals surface area contributed by atoms with E-state index in [0.29, 0.717) is 28.2 Å². The van der Waals surface area contributed by atoms with Crippen molar-refractivity contribution in [1.82, 2.24) is 24.5 Å². The van der Waals surface area contributed by atoms with E-state index in [-0.39, 0.29) is 18.2 Å². The van der Waals surface area contributed by atoms with Crippen LogP contribution in [-0.2, 0) is 0 Å². The van der Waals surface area contributed by atoms with E-state index in [1.807, 2.05) is 18.3 Å². The lowest BCUT2D eigenvalue weighted by atomic mass is 10.1. The molecule has 0 aromatic carbocycles. The van der Waals surface area contributed by atoms with Gasteiger partial charge >= 0.3 is 0 Å². The molecule has 29 heavy (non-hydrogen) atoms. The molecule has 1 saturated carbocycles. The van der Waals surface area contributed by atoms with E-state index in [2.05, 4.69) is 15.0 Å². The standard InChI is InChI=1S/C21H19N5O2S/c1-12(10-27)26-11-24-19-15(21(26)28)7-16(17-9-23-20(29-17)13-4-5-13)25-18(19)14-3-2-6-22-8-14/h2-3,6-9,11-13,27H,4-5,10H2,1H3. The van der Waals surface area contributed by atoms with Crippen LogP contribution in [-0.4, -0.2) is 36.2 Å². The smallest absolute Gasteiger partial charge is 0.261 e. The second-order valence-corrected chi connectivity index (χ2v) is 8.38. The fraction of sp³-hybridized carbons (Fsp3) is 0.286. The van der Waals surface area contributed by atoms with Gasteiger partial charge in [-0.25, -0.2) is 15.0 Å². The number of aliphatic hydroxyl groups is 1. The Balaban J connectivity index is 1.76. The molecule has 1 aliphatic rings. The van der Waals surface area contributed by atoms with Crippen molar-refractivity contribution in [2.24, 2.45) is 0 Å². The molecule has 146 valence electrons. The number of hydrogen-bond donors (Lipinski definition) is 1. The van der Waals surface area contributed by atoms with E-state index in [4.69, 9.17) is 4.98 Å². The molecule has 0 saturated heterocycles. The summed E-state index contributed by atoms with van der Waals surface area (Å²) < 4.78 is 1.46. The van der Waals surface area contributed by atoms with Gasteiger partial charge in [0.25, 0.3) is 5.56 Å². The monoisotopic (exact) mass is 405 g/mol. The van der Waals surface area contributed by atoms with E-state index >= 15 is 0 Å². The largest absolute Gasteiger partial charge is 0.394 e. The van der Waals surface area contributed by atoms with Crippen molar-refractivity contribution in [3.8, 4) is 21.8 Å². The highest BCUT2D eigenvalue weighted by molar-refractivity contribution is 7.15. The van der Waals surface area contributed by atoms with Crippen LogP contribution in [0, 0.1) is 0 Å². The van der Waals surface area contributed by atoms with Gasteiger partial charge in [-0.15, -0.1) is 11.3 Å². The summed E-state index contributed by atoms with van der Waals surface area (Å²) >= 11 is 1.63. The minimum atomic E-state index is -0.359. The number of thiazole rings is 1. The Morgan fingerprint density at radius 1 is 1.31 bits per heavy atom. The summed E-state index contributed by atoms with van der Waals surface area (Å²) in [7, 11) is 0. The van der Waals surface area contributed by atoms with Crippen LogP contribution in [0.3, 0.4) is 0 Å². The molecule has 0 amide bonds. The van der Waals surface area contributed by atoms with Crippen molar-refractivity contribution in [1.29, 1.82) is 0 Å². The van der Waals surface area contributed by atoms with Crippen LogP contribution in [0.15, 0.2) is 47.9 Å². The quantitative estimate of drug-likeness (QED) is 0.547. The Bertz CT molecular complexity index is 1250. The first-order valence-corrected chi connectivity index (χ1v) is 10.4. The van der Waals surface area contributed by atoms with Gasteiger partial charge < -0.3 is 5.11 Å². The van der Waals surface area contributed by atoms with Gasteiger partial charge in [-0.05, 0) is 38.0 Å². The molecule has 1 aliphatic carbocycles. The maximum absolute atomic E-state index is 13.2. The number of rotatable bonds is 5. The van der Waals surface area contributed by atoms with Crippen molar-refractivity contribution in [3.63, 3.8) is 0 Å². The van der Waals surface area contributed by atoms with Gasteiger partial charge in [-0.2, -0.15) is 0 Å². The molecule has 4 aromatic rings. The Kier molecular flexibility index (Phi) is 4.44. The SMILES string of the molecule is CC(CO)n1cnc2c(-c3cccnc3)nc(-c3cnc(C4CC4)s3)cc2c1=O. The summed E-state index contributed by atoms with van der Waals surface area (Å²) in [6, 6.07) is 5.17. The van der Waals surface area contributed by atoms with Crippen molar-refractivity contribution < 1.29 is 5.11 Å². The van der Waals surface area contributed by atoms with Crippen LogP contribution < -0.4 is 5.56 Å². The summed E-state index contributed by atoms with van der Waals surface area (Å²) in [6.45, 7) is 1.64. The average Bonchev–Trinajstić information content (AvgIpc) is 3.50. The molecule has 8 heteroatoms. The van der Waals surface area contributed by atoms with E-state index in [9.17, 15) is 9.90 Å². The Hall–Kier alpha value is -2.97. The molecular weight excluding hydrogens is 386 g/mol. The summed E-state index contributed by atoms with van der Waals surface area (Å²) in [6.07, 6.45) is 9.11. The summed E-state index contributed by atoms with van der Waals surface area (Å²) in [5, 5.41) is 11.1. The summed E-state index contributed by atoms with van der Waals surface area (Å²) in [5.41, 5.74) is 2.45. The lowest BCUT2D eigenvalue weighted by molar-refractivity contribution is 0.236. The number of aliphatic hydroxyl groups excluding tert-OH is 1. The molecular formula is C21H19N5O2S. The van der Waals surface area contributed by atoms with Gasteiger partial charge in [0.15, 0.2) is 0 Å². The van der Waals surface area contributed by atoms with E-state index in [1.54, 1.807) is 36.7 Å². The molecule has 1 N–H and O–H groups in total. The van der Waals surface area contributed by atoms with Crippen molar-refractivity contribution in [2.45, 2.75) is 31.7 Å². The average molecular weight is 405 g/mol. The van der Waals surface area contributed by atoms with Gasteiger partial charge in [0.1, 0.15) is 5.52 Å². The first kappa shape index (κ1) is 18.1. The van der Waals surface area contributed by atoms with Crippen molar-refractivity contribution in [3.05, 3.63) is 58.5 Å². The second kappa shape index (κ2) is 7.13. The molecule has 1 atom stereocenters. The predicted molar refractivity (Wildman–Crippen MR) is 112 cm³/mol. The Labute approximate surface area is 170 Å². The number of hydrogen-bond acceptors (Lipinski definition) is 7. The molecule has 4 aromatic heterocycles. The van der Waals surface area contributed by atoms with Gasteiger partial charge in [0.05, 0.1) is 45.6 Å². The minimum Gasteiger partial charge on any atom is -0.394 e. The first-order valence-electron chi connectivity index (χ1n) is 9.55. The zero-order valence-electron chi connectivity index (χ0n) is 15.8. The molecule has 5 rings (SSSR count). The van der Waals surface area contributed by atoms with E-state index in [0.717, 1.165) is 15.4 Å². The number of pyridine rings is 2. The van der Waals surface area contributed by atoms with Crippen LogP contribution in [0.25, 0.3) is 32.7 Å². The molecule has 7 nitrogen and oxygen atoms in total.